The lowest BCUT2D eigenvalue weighted by Crippen LogP contribution is -2.49. The summed E-state index contributed by atoms with van der Waals surface area (Å²) in [6.07, 6.45) is 2.36. The number of amides is 2. The summed E-state index contributed by atoms with van der Waals surface area (Å²) in [5.74, 6) is 0.0192. The second kappa shape index (κ2) is 7.59. The molecule has 6 nitrogen and oxygen atoms in total. The lowest BCUT2D eigenvalue weighted by Gasteiger charge is -2.32. The first-order chi connectivity index (χ1) is 9.70. The van der Waals surface area contributed by atoms with Crippen LogP contribution in [0.3, 0.4) is 0 Å². The summed E-state index contributed by atoms with van der Waals surface area (Å²) in [4.78, 5) is 27.8. The molecule has 0 aromatic heterocycles. The predicted octanol–water partition coefficient (Wildman–Crippen LogP) is -0.591. The van der Waals surface area contributed by atoms with E-state index in [0.717, 1.165) is 52.1 Å². The molecule has 2 amide bonds. The van der Waals surface area contributed by atoms with Crippen molar-refractivity contribution in [1.82, 2.24) is 20.4 Å². The van der Waals surface area contributed by atoms with Crippen molar-refractivity contribution in [2.45, 2.75) is 32.2 Å². The second-order valence-corrected chi connectivity index (χ2v) is 5.59. The fraction of sp³-hybridized carbons (Fsp3) is 0.857. The Morgan fingerprint density at radius 2 is 2.00 bits per heavy atom. The van der Waals surface area contributed by atoms with Crippen LogP contribution in [0.2, 0.25) is 0 Å². The molecule has 1 unspecified atom stereocenters. The van der Waals surface area contributed by atoms with Gasteiger partial charge in [-0.1, -0.05) is 6.92 Å². The third-order valence-electron chi connectivity index (χ3n) is 4.10. The van der Waals surface area contributed by atoms with Crippen molar-refractivity contribution in [1.29, 1.82) is 0 Å². The maximum absolute atomic E-state index is 12.1. The van der Waals surface area contributed by atoms with E-state index in [0.29, 0.717) is 12.5 Å². The number of likely N-dealkylation sites (tertiary alicyclic amines) is 1. The monoisotopic (exact) mass is 282 g/mol. The van der Waals surface area contributed by atoms with Gasteiger partial charge >= 0.3 is 0 Å². The van der Waals surface area contributed by atoms with Gasteiger partial charge in [-0.05, 0) is 12.8 Å². The normalized spacial score (nSPS) is 23.9. The molecular formula is C14H26N4O2. The summed E-state index contributed by atoms with van der Waals surface area (Å²) in [6.45, 7) is 7.95. The SMILES string of the molecule is CCCC(=O)NCC(=O)N1CCC(N2CCNCC2)C1. The van der Waals surface area contributed by atoms with Crippen LogP contribution < -0.4 is 10.6 Å². The number of carbonyl (C=O) groups excluding carboxylic acids is 2. The zero-order valence-corrected chi connectivity index (χ0v) is 12.4. The molecule has 0 saturated carbocycles. The van der Waals surface area contributed by atoms with E-state index in [9.17, 15) is 9.59 Å². The van der Waals surface area contributed by atoms with Gasteiger partial charge in [-0.15, -0.1) is 0 Å². The highest BCUT2D eigenvalue weighted by atomic mass is 16.2. The van der Waals surface area contributed by atoms with Gasteiger partial charge in [0.25, 0.3) is 0 Å². The average Bonchev–Trinajstić information content (AvgIpc) is 2.96. The summed E-state index contributed by atoms with van der Waals surface area (Å²) in [7, 11) is 0. The van der Waals surface area contributed by atoms with Crippen LogP contribution in [0.4, 0.5) is 0 Å². The number of nitrogens with zero attached hydrogens (tertiary/aromatic N) is 2. The molecule has 2 heterocycles. The highest BCUT2D eigenvalue weighted by Crippen LogP contribution is 2.16. The van der Waals surface area contributed by atoms with E-state index in [4.69, 9.17) is 0 Å². The first-order valence-corrected chi connectivity index (χ1v) is 7.70. The lowest BCUT2D eigenvalue weighted by atomic mass is 10.2. The van der Waals surface area contributed by atoms with Crippen molar-refractivity contribution in [2.24, 2.45) is 0 Å². The van der Waals surface area contributed by atoms with Gasteiger partial charge in [0.15, 0.2) is 0 Å². The number of hydrogen-bond acceptors (Lipinski definition) is 4. The van der Waals surface area contributed by atoms with Crippen LogP contribution in [0.15, 0.2) is 0 Å². The Labute approximate surface area is 120 Å². The molecule has 2 aliphatic heterocycles. The molecule has 2 rings (SSSR count). The molecule has 0 aromatic carbocycles. The molecule has 0 aliphatic carbocycles. The van der Waals surface area contributed by atoms with Crippen LogP contribution in [0.1, 0.15) is 26.2 Å². The van der Waals surface area contributed by atoms with Crippen molar-refractivity contribution in [3.63, 3.8) is 0 Å². The topological polar surface area (TPSA) is 64.7 Å². The summed E-state index contributed by atoms with van der Waals surface area (Å²) >= 11 is 0. The fourth-order valence-corrected chi connectivity index (χ4v) is 2.92. The number of carbonyl (C=O) groups is 2. The molecule has 1 atom stereocenters. The average molecular weight is 282 g/mol. The zero-order valence-electron chi connectivity index (χ0n) is 12.4. The Morgan fingerprint density at radius 3 is 2.70 bits per heavy atom. The van der Waals surface area contributed by atoms with Gasteiger partial charge in [0.2, 0.25) is 11.8 Å². The van der Waals surface area contributed by atoms with Crippen LogP contribution in [0, 0.1) is 0 Å². The molecule has 2 saturated heterocycles. The summed E-state index contributed by atoms with van der Waals surface area (Å²) in [6, 6.07) is 0.493. The fourth-order valence-electron chi connectivity index (χ4n) is 2.92. The maximum Gasteiger partial charge on any atom is 0.242 e. The zero-order chi connectivity index (χ0) is 14.4. The highest BCUT2D eigenvalue weighted by molar-refractivity contribution is 5.84. The molecule has 2 N–H and O–H groups in total. The van der Waals surface area contributed by atoms with E-state index >= 15 is 0 Å². The summed E-state index contributed by atoms with van der Waals surface area (Å²) in [5.41, 5.74) is 0. The molecule has 20 heavy (non-hydrogen) atoms. The first-order valence-electron chi connectivity index (χ1n) is 7.70. The number of rotatable bonds is 5. The van der Waals surface area contributed by atoms with E-state index in [-0.39, 0.29) is 18.4 Å². The number of hydrogen-bond donors (Lipinski definition) is 2. The van der Waals surface area contributed by atoms with Crippen LogP contribution in [0.5, 0.6) is 0 Å². The molecule has 0 aromatic rings. The lowest BCUT2D eigenvalue weighted by molar-refractivity contribution is -0.132. The number of piperazine rings is 1. The van der Waals surface area contributed by atoms with Gasteiger partial charge in [0.05, 0.1) is 6.54 Å². The molecule has 2 fully saturated rings. The molecular weight excluding hydrogens is 256 g/mol. The Bertz CT molecular complexity index is 342. The Morgan fingerprint density at radius 1 is 1.25 bits per heavy atom. The Balaban J connectivity index is 1.71. The predicted molar refractivity (Wildman–Crippen MR) is 77.3 cm³/mol. The molecule has 114 valence electrons. The largest absolute Gasteiger partial charge is 0.347 e. The van der Waals surface area contributed by atoms with Gasteiger partial charge in [-0.3, -0.25) is 14.5 Å². The van der Waals surface area contributed by atoms with E-state index in [2.05, 4.69) is 15.5 Å². The minimum absolute atomic E-state index is 0.0290. The van der Waals surface area contributed by atoms with Gasteiger partial charge in [-0.2, -0.15) is 0 Å². The minimum atomic E-state index is -0.0290. The van der Waals surface area contributed by atoms with Crippen LogP contribution >= 0.6 is 0 Å². The Kier molecular flexibility index (Phi) is 5.79. The van der Waals surface area contributed by atoms with Crippen LogP contribution in [0.25, 0.3) is 0 Å². The smallest absolute Gasteiger partial charge is 0.242 e. The first kappa shape index (κ1) is 15.3. The van der Waals surface area contributed by atoms with Gasteiger partial charge in [-0.25, -0.2) is 0 Å². The molecule has 0 spiro atoms. The highest BCUT2D eigenvalue weighted by Gasteiger charge is 2.30. The van der Waals surface area contributed by atoms with Crippen molar-refractivity contribution in [3.05, 3.63) is 0 Å². The van der Waals surface area contributed by atoms with E-state index in [1.165, 1.54) is 0 Å². The molecule has 0 bridgehead atoms. The summed E-state index contributed by atoms with van der Waals surface area (Å²) < 4.78 is 0. The third-order valence-corrected chi connectivity index (χ3v) is 4.10. The van der Waals surface area contributed by atoms with Gasteiger partial charge in [0, 0.05) is 51.7 Å². The van der Waals surface area contributed by atoms with Gasteiger partial charge < -0.3 is 15.5 Å². The van der Waals surface area contributed by atoms with E-state index < -0.39 is 0 Å². The Hall–Kier alpha value is -1.14. The second-order valence-electron chi connectivity index (χ2n) is 5.59. The molecule has 2 aliphatic rings. The van der Waals surface area contributed by atoms with E-state index in [1.54, 1.807) is 0 Å². The van der Waals surface area contributed by atoms with Crippen molar-refractivity contribution in [3.8, 4) is 0 Å². The molecule has 0 radical (unpaired) electrons. The summed E-state index contributed by atoms with van der Waals surface area (Å²) in [5, 5.41) is 6.05. The quantitative estimate of drug-likeness (QED) is 0.707. The van der Waals surface area contributed by atoms with Crippen LogP contribution in [-0.2, 0) is 9.59 Å². The maximum atomic E-state index is 12.1. The molecule has 6 heteroatoms. The van der Waals surface area contributed by atoms with Crippen molar-refractivity contribution in [2.75, 3.05) is 45.8 Å². The minimum Gasteiger partial charge on any atom is -0.347 e. The van der Waals surface area contributed by atoms with Gasteiger partial charge in [0.1, 0.15) is 0 Å². The van der Waals surface area contributed by atoms with Crippen molar-refractivity contribution < 1.29 is 9.59 Å². The standard InChI is InChI=1S/C14H26N4O2/c1-2-3-13(19)16-10-14(20)18-7-4-12(11-18)17-8-5-15-6-9-17/h12,15H,2-11H2,1H3,(H,16,19). The van der Waals surface area contributed by atoms with Crippen molar-refractivity contribution >= 4 is 11.8 Å². The number of nitrogens with one attached hydrogen (secondary N) is 2. The van der Waals surface area contributed by atoms with Crippen LogP contribution in [-0.4, -0.2) is 73.5 Å². The van der Waals surface area contributed by atoms with E-state index in [1.807, 2.05) is 11.8 Å². The third kappa shape index (κ3) is 4.18.